The first-order chi connectivity index (χ1) is 4.93. The zero-order chi connectivity index (χ0) is 7.23. The second-order valence-corrected chi connectivity index (χ2v) is 1.76. The Labute approximate surface area is 58.1 Å². The molecule has 0 aromatic carbocycles. The van der Waals surface area contributed by atoms with Crippen molar-refractivity contribution >= 4 is 0 Å². The van der Waals surface area contributed by atoms with Crippen molar-refractivity contribution in [2.75, 3.05) is 0 Å². The summed E-state index contributed by atoms with van der Waals surface area (Å²) >= 11 is 0. The van der Waals surface area contributed by atoms with E-state index in [0.717, 1.165) is 5.56 Å². The largest absolute Gasteiger partial charge is 0.264 e. The van der Waals surface area contributed by atoms with Crippen molar-refractivity contribution in [3.8, 4) is 0 Å². The molecule has 0 amide bonds. The molecule has 0 saturated carbocycles. The van der Waals surface area contributed by atoms with Gasteiger partial charge in [0.25, 0.3) is 0 Å². The first kappa shape index (κ1) is 6.58. The van der Waals surface area contributed by atoms with Gasteiger partial charge in [0.05, 0.1) is 0 Å². The van der Waals surface area contributed by atoms with Gasteiger partial charge in [-0.25, -0.2) is 0 Å². The normalized spacial score (nSPS) is 8.40. The number of hydrogen-bond donors (Lipinski definition) is 1. The van der Waals surface area contributed by atoms with Gasteiger partial charge in [0.1, 0.15) is 17.2 Å². The van der Waals surface area contributed by atoms with E-state index >= 15 is 0 Å². The van der Waals surface area contributed by atoms with Crippen LogP contribution in [0.3, 0.4) is 0 Å². The Morgan fingerprint density at radius 2 is 2.60 bits per heavy atom. The first-order valence-corrected chi connectivity index (χ1v) is 2.85. The van der Waals surface area contributed by atoms with Crippen molar-refractivity contribution in [2.45, 2.75) is 6.54 Å². The Bertz CT molecular complexity index is 237. The van der Waals surface area contributed by atoms with Gasteiger partial charge < -0.3 is 0 Å². The quantitative estimate of drug-likeness (QED) is 0.479. The van der Waals surface area contributed by atoms with E-state index in [2.05, 4.69) is 15.0 Å². The topological polar surface area (TPSA) is 63.2 Å². The molecule has 1 aromatic rings. The zero-order valence-electron chi connectivity index (χ0n) is 5.36. The third-order valence-corrected chi connectivity index (χ3v) is 1.05. The van der Waals surface area contributed by atoms with Crippen LogP contribution in [0.5, 0.6) is 0 Å². The van der Waals surface area contributed by atoms with Crippen LogP contribution >= 0.6 is 0 Å². The Balaban J connectivity index is 2.67. The fraction of sp³-hybridized carbons (Fsp3) is 0.167. The molecule has 0 aliphatic heterocycles. The van der Waals surface area contributed by atoms with Gasteiger partial charge in [0, 0.05) is 12.4 Å². The second-order valence-electron chi connectivity index (χ2n) is 1.76. The number of rotatable bonds is 2. The van der Waals surface area contributed by atoms with Crippen molar-refractivity contribution in [3.05, 3.63) is 30.1 Å². The van der Waals surface area contributed by atoms with Gasteiger partial charge in [-0.2, -0.15) is 0 Å². The third-order valence-electron chi connectivity index (χ3n) is 1.05. The predicted molar refractivity (Wildman–Crippen MR) is 35.2 cm³/mol. The minimum atomic E-state index is 0.442. The van der Waals surface area contributed by atoms with E-state index in [4.69, 9.17) is 5.53 Å². The highest BCUT2D eigenvalue weighted by molar-refractivity contribution is 5.07. The van der Waals surface area contributed by atoms with Gasteiger partial charge in [0.15, 0.2) is 0 Å². The van der Waals surface area contributed by atoms with Crippen LogP contribution in [0.25, 0.3) is 0 Å². The van der Waals surface area contributed by atoms with Crippen molar-refractivity contribution < 1.29 is 0 Å². The molecule has 0 saturated heterocycles. The summed E-state index contributed by atoms with van der Waals surface area (Å²) in [5, 5.41) is 3.49. The van der Waals surface area contributed by atoms with Gasteiger partial charge in [-0.1, -0.05) is 6.07 Å². The Kier molecular flexibility index (Phi) is 2.29. The molecule has 4 nitrogen and oxygen atoms in total. The maximum absolute atomic E-state index is 6.39. The lowest BCUT2D eigenvalue weighted by Gasteiger charge is -1.85. The maximum Gasteiger partial charge on any atom is 0.214 e. The van der Waals surface area contributed by atoms with Crippen LogP contribution in [0.2, 0.25) is 0 Å². The number of aromatic nitrogens is 1. The summed E-state index contributed by atoms with van der Waals surface area (Å²) in [6, 6.07) is 3.72. The standard InChI is InChI=1S/C6H7N4/c7-10-9-5-6-2-1-3-8-4-6/h1-4,7H,5H2/q+1. The molecule has 0 atom stereocenters. The van der Waals surface area contributed by atoms with E-state index in [1.54, 1.807) is 12.4 Å². The molecule has 10 heavy (non-hydrogen) atoms. The minimum absolute atomic E-state index is 0.442. The fourth-order valence-corrected chi connectivity index (χ4v) is 0.609. The highest BCUT2D eigenvalue weighted by atomic mass is 15.1. The van der Waals surface area contributed by atoms with E-state index < -0.39 is 0 Å². The van der Waals surface area contributed by atoms with E-state index in [0.29, 0.717) is 6.54 Å². The fourth-order valence-electron chi connectivity index (χ4n) is 0.609. The molecule has 0 spiro atoms. The van der Waals surface area contributed by atoms with Gasteiger partial charge in [-0.05, 0) is 11.6 Å². The van der Waals surface area contributed by atoms with Crippen LogP contribution in [0, 0.1) is 5.53 Å². The molecule has 0 fully saturated rings. The van der Waals surface area contributed by atoms with E-state index in [1.807, 2.05) is 12.1 Å². The highest BCUT2D eigenvalue weighted by Crippen LogP contribution is 1.95. The molecule has 0 unspecified atom stereocenters. The Morgan fingerprint density at radius 3 is 3.20 bits per heavy atom. The molecule has 1 heterocycles. The summed E-state index contributed by atoms with van der Waals surface area (Å²) in [6.07, 6.45) is 3.40. The molecular formula is C6H7N4+. The number of pyridine rings is 1. The molecule has 50 valence electrons. The van der Waals surface area contributed by atoms with E-state index in [9.17, 15) is 0 Å². The SMILES string of the molecule is N=[N+]=NCc1cccnc1. The Hall–Kier alpha value is -1.54. The van der Waals surface area contributed by atoms with E-state index in [1.165, 1.54) is 0 Å². The minimum Gasteiger partial charge on any atom is -0.264 e. The van der Waals surface area contributed by atoms with Crippen molar-refractivity contribution in [1.29, 1.82) is 5.53 Å². The molecule has 0 bridgehead atoms. The van der Waals surface area contributed by atoms with E-state index in [-0.39, 0.29) is 0 Å². The summed E-state index contributed by atoms with van der Waals surface area (Å²) in [7, 11) is 0. The molecule has 1 aromatic heterocycles. The lowest BCUT2D eigenvalue weighted by molar-refractivity contribution is 0.854. The molecule has 1 N–H and O–H groups in total. The third kappa shape index (κ3) is 1.76. The van der Waals surface area contributed by atoms with Crippen LogP contribution in [-0.2, 0) is 6.54 Å². The summed E-state index contributed by atoms with van der Waals surface area (Å²) in [5.74, 6) is 0. The zero-order valence-corrected chi connectivity index (χ0v) is 5.36. The van der Waals surface area contributed by atoms with Crippen LogP contribution in [-0.4, -0.2) is 4.98 Å². The lowest BCUT2D eigenvalue weighted by atomic mass is 10.3. The maximum atomic E-state index is 6.39. The van der Waals surface area contributed by atoms with Crippen molar-refractivity contribution in [3.63, 3.8) is 0 Å². The molecule has 1 rings (SSSR count). The average molecular weight is 135 g/mol. The monoisotopic (exact) mass is 135 g/mol. The van der Waals surface area contributed by atoms with Gasteiger partial charge >= 0.3 is 0 Å². The molecule has 0 aliphatic carbocycles. The van der Waals surface area contributed by atoms with Gasteiger partial charge in [-0.3, -0.25) is 4.98 Å². The second kappa shape index (κ2) is 3.48. The lowest BCUT2D eigenvalue weighted by Crippen LogP contribution is -1.80. The first-order valence-electron chi connectivity index (χ1n) is 2.85. The molecule has 4 heteroatoms. The van der Waals surface area contributed by atoms with Gasteiger partial charge in [-0.15, -0.1) is 0 Å². The van der Waals surface area contributed by atoms with Crippen LogP contribution in [0.4, 0.5) is 0 Å². The predicted octanol–water partition coefficient (Wildman–Crippen LogP) is 1.13. The number of hydrogen-bond acceptors (Lipinski definition) is 3. The Morgan fingerprint density at radius 1 is 1.70 bits per heavy atom. The van der Waals surface area contributed by atoms with Crippen LogP contribution in [0.15, 0.2) is 29.6 Å². The molecule has 0 radical (unpaired) electrons. The average Bonchev–Trinajstić information content (AvgIpc) is 2.03. The van der Waals surface area contributed by atoms with Crippen LogP contribution in [0.1, 0.15) is 5.56 Å². The van der Waals surface area contributed by atoms with Crippen molar-refractivity contribution in [2.24, 2.45) is 5.11 Å². The van der Waals surface area contributed by atoms with Gasteiger partial charge in [0.2, 0.25) is 4.91 Å². The van der Waals surface area contributed by atoms with Crippen LogP contribution < -0.4 is 4.91 Å². The number of nitrogens with zero attached hydrogens (tertiary/aromatic N) is 3. The smallest absolute Gasteiger partial charge is 0.214 e. The summed E-state index contributed by atoms with van der Waals surface area (Å²) < 4.78 is 0. The summed E-state index contributed by atoms with van der Waals surface area (Å²) in [4.78, 5) is 6.75. The van der Waals surface area contributed by atoms with Crippen molar-refractivity contribution in [1.82, 2.24) is 9.90 Å². The highest BCUT2D eigenvalue weighted by Gasteiger charge is 1.90. The molecule has 0 aliphatic rings. The number of nitrogens with one attached hydrogen (secondary N) is 1. The molecular weight excluding hydrogens is 128 g/mol. The summed E-state index contributed by atoms with van der Waals surface area (Å²) in [5.41, 5.74) is 7.36. The summed E-state index contributed by atoms with van der Waals surface area (Å²) in [6.45, 7) is 0.442.